The molecule has 0 saturated heterocycles. The van der Waals surface area contributed by atoms with E-state index in [2.05, 4.69) is 17.6 Å². The summed E-state index contributed by atoms with van der Waals surface area (Å²) >= 11 is 0. The zero-order chi connectivity index (χ0) is 14.7. The van der Waals surface area contributed by atoms with Gasteiger partial charge in [0.1, 0.15) is 0 Å². The molecule has 0 radical (unpaired) electrons. The van der Waals surface area contributed by atoms with E-state index in [0.717, 1.165) is 32.1 Å². The van der Waals surface area contributed by atoms with Gasteiger partial charge in [0, 0.05) is 12.6 Å². The second kappa shape index (κ2) is 10.6. The monoisotopic (exact) mass is 272 g/mol. The van der Waals surface area contributed by atoms with Gasteiger partial charge in [0.25, 0.3) is 0 Å². The van der Waals surface area contributed by atoms with Crippen molar-refractivity contribution in [2.24, 2.45) is 5.92 Å². The fraction of sp³-hybridized carbons (Fsp3) is 0.857. The van der Waals surface area contributed by atoms with Gasteiger partial charge in [-0.25, -0.2) is 4.79 Å². The Morgan fingerprint density at radius 1 is 1.11 bits per heavy atom. The second-order valence-corrected chi connectivity index (χ2v) is 5.18. The SMILES string of the molecule is CCCCCNC(=O)NC(C)CCCC(C)C(=O)O. The number of urea groups is 1. The maximum absolute atomic E-state index is 11.5. The van der Waals surface area contributed by atoms with Crippen molar-refractivity contribution in [3.8, 4) is 0 Å². The average Bonchev–Trinajstić information content (AvgIpc) is 2.34. The first-order chi connectivity index (χ1) is 8.97. The van der Waals surface area contributed by atoms with Gasteiger partial charge in [-0.15, -0.1) is 0 Å². The maximum Gasteiger partial charge on any atom is 0.314 e. The van der Waals surface area contributed by atoms with Crippen molar-refractivity contribution in [3.05, 3.63) is 0 Å². The molecule has 0 rings (SSSR count). The molecule has 0 aromatic rings. The summed E-state index contributed by atoms with van der Waals surface area (Å²) in [6.07, 6.45) is 5.54. The molecule has 0 aromatic carbocycles. The Labute approximate surface area is 116 Å². The number of carbonyl (C=O) groups excluding carboxylic acids is 1. The van der Waals surface area contributed by atoms with Crippen LogP contribution in [0.5, 0.6) is 0 Å². The summed E-state index contributed by atoms with van der Waals surface area (Å²) in [5, 5.41) is 14.4. The van der Waals surface area contributed by atoms with Gasteiger partial charge in [0.05, 0.1) is 5.92 Å². The van der Waals surface area contributed by atoms with E-state index in [9.17, 15) is 9.59 Å². The van der Waals surface area contributed by atoms with Crippen molar-refractivity contribution < 1.29 is 14.7 Å². The first kappa shape index (κ1) is 17.7. The van der Waals surface area contributed by atoms with Gasteiger partial charge in [-0.3, -0.25) is 4.79 Å². The molecule has 112 valence electrons. The van der Waals surface area contributed by atoms with Crippen molar-refractivity contribution in [1.29, 1.82) is 0 Å². The minimum atomic E-state index is -0.755. The predicted octanol–water partition coefficient (Wildman–Crippen LogP) is 2.76. The molecule has 0 bridgehead atoms. The second-order valence-electron chi connectivity index (χ2n) is 5.18. The standard InChI is InChI=1S/C14H28N2O3/c1-4-5-6-10-15-14(19)16-12(3)9-7-8-11(2)13(17)18/h11-12H,4-10H2,1-3H3,(H,17,18)(H2,15,16,19). The smallest absolute Gasteiger partial charge is 0.314 e. The lowest BCUT2D eigenvalue weighted by atomic mass is 10.0. The number of carboxylic acids is 1. The molecule has 2 atom stereocenters. The van der Waals surface area contributed by atoms with Gasteiger partial charge in [-0.05, 0) is 26.2 Å². The number of hydrogen-bond acceptors (Lipinski definition) is 2. The molecule has 0 spiro atoms. The van der Waals surface area contributed by atoms with Crippen molar-refractivity contribution in [2.75, 3.05) is 6.54 Å². The van der Waals surface area contributed by atoms with Crippen LogP contribution in [0.2, 0.25) is 0 Å². The third-order valence-corrected chi connectivity index (χ3v) is 3.14. The van der Waals surface area contributed by atoms with E-state index < -0.39 is 5.97 Å². The van der Waals surface area contributed by atoms with Crippen LogP contribution in [0.4, 0.5) is 4.79 Å². The number of amides is 2. The Bertz CT molecular complexity index is 269. The van der Waals surface area contributed by atoms with Crippen molar-refractivity contribution >= 4 is 12.0 Å². The lowest BCUT2D eigenvalue weighted by Gasteiger charge is -2.15. The highest BCUT2D eigenvalue weighted by Gasteiger charge is 2.12. The van der Waals surface area contributed by atoms with Crippen LogP contribution in [0, 0.1) is 5.92 Å². The Hall–Kier alpha value is -1.26. The lowest BCUT2D eigenvalue weighted by Crippen LogP contribution is -2.41. The van der Waals surface area contributed by atoms with E-state index in [-0.39, 0.29) is 18.0 Å². The molecule has 0 saturated carbocycles. The molecule has 2 amide bonds. The van der Waals surface area contributed by atoms with Crippen molar-refractivity contribution in [1.82, 2.24) is 10.6 Å². The topological polar surface area (TPSA) is 78.4 Å². The Kier molecular flexibility index (Phi) is 9.94. The van der Waals surface area contributed by atoms with E-state index in [0.29, 0.717) is 13.0 Å². The summed E-state index contributed by atoms with van der Waals surface area (Å²) in [7, 11) is 0. The molecule has 2 unspecified atom stereocenters. The highest BCUT2D eigenvalue weighted by atomic mass is 16.4. The van der Waals surface area contributed by atoms with Crippen molar-refractivity contribution in [2.45, 2.75) is 65.3 Å². The summed E-state index contributed by atoms with van der Waals surface area (Å²) in [4.78, 5) is 22.2. The number of nitrogens with one attached hydrogen (secondary N) is 2. The first-order valence-corrected chi connectivity index (χ1v) is 7.24. The quantitative estimate of drug-likeness (QED) is 0.535. The Balaban J connectivity index is 3.59. The van der Waals surface area contributed by atoms with E-state index in [1.165, 1.54) is 0 Å². The number of rotatable bonds is 10. The van der Waals surface area contributed by atoms with Crippen LogP contribution in [0.25, 0.3) is 0 Å². The number of aliphatic carboxylic acids is 1. The molecule has 0 aliphatic rings. The summed E-state index contributed by atoms with van der Waals surface area (Å²) in [6.45, 7) is 6.49. The summed E-state index contributed by atoms with van der Waals surface area (Å²) in [5.74, 6) is -1.07. The number of carbonyl (C=O) groups is 2. The van der Waals surface area contributed by atoms with Crippen LogP contribution in [0.3, 0.4) is 0 Å². The van der Waals surface area contributed by atoms with Gasteiger partial charge in [-0.1, -0.05) is 33.1 Å². The first-order valence-electron chi connectivity index (χ1n) is 7.24. The van der Waals surface area contributed by atoms with E-state index >= 15 is 0 Å². The minimum Gasteiger partial charge on any atom is -0.481 e. The van der Waals surface area contributed by atoms with Crippen LogP contribution < -0.4 is 10.6 Å². The molecule has 0 heterocycles. The highest BCUT2D eigenvalue weighted by Crippen LogP contribution is 2.09. The van der Waals surface area contributed by atoms with Gasteiger partial charge in [-0.2, -0.15) is 0 Å². The number of unbranched alkanes of at least 4 members (excludes halogenated alkanes) is 2. The summed E-state index contributed by atoms with van der Waals surface area (Å²) in [5.41, 5.74) is 0. The summed E-state index contributed by atoms with van der Waals surface area (Å²) in [6, 6.07) is -0.0537. The van der Waals surface area contributed by atoms with E-state index in [1.807, 2.05) is 6.92 Å². The van der Waals surface area contributed by atoms with Gasteiger partial charge < -0.3 is 15.7 Å². The zero-order valence-corrected chi connectivity index (χ0v) is 12.4. The van der Waals surface area contributed by atoms with Crippen LogP contribution in [0.15, 0.2) is 0 Å². The van der Waals surface area contributed by atoms with Gasteiger partial charge in [0.15, 0.2) is 0 Å². The van der Waals surface area contributed by atoms with Gasteiger partial charge >= 0.3 is 12.0 Å². The Morgan fingerprint density at radius 2 is 1.79 bits per heavy atom. The molecule has 3 N–H and O–H groups in total. The minimum absolute atomic E-state index is 0.0761. The van der Waals surface area contributed by atoms with Crippen LogP contribution >= 0.6 is 0 Å². The van der Waals surface area contributed by atoms with Crippen molar-refractivity contribution in [3.63, 3.8) is 0 Å². The summed E-state index contributed by atoms with van der Waals surface area (Å²) < 4.78 is 0. The Morgan fingerprint density at radius 3 is 2.37 bits per heavy atom. The van der Waals surface area contributed by atoms with Gasteiger partial charge in [0.2, 0.25) is 0 Å². The molecule has 0 aliphatic heterocycles. The number of hydrogen-bond donors (Lipinski definition) is 3. The van der Waals surface area contributed by atoms with Crippen LogP contribution in [-0.2, 0) is 4.79 Å². The van der Waals surface area contributed by atoms with E-state index in [4.69, 9.17) is 5.11 Å². The average molecular weight is 272 g/mol. The largest absolute Gasteiger partial charge is 0.481 e. The molecule has 0 fully saturated rings. The molecule has 19 heavy (non-hydrogen) atoms. The fourth-order valence-corrected chi connectivity index (χ4v) is 1.78. The molecular formula is C14H28N2O3. The third kappa shape index (κ3) is 10.4. The highest BCUT2D eigenvalue weighted by molar-refractivity contribution is 5.74. The zero-order valence-electron chi connectivity index (χ0n) is 12.4. The van der Waals surface area contributed by atoms with Crippen LogP contribution in [-0.4, -0.2) is 29.7 Å². The normalized spacial score (nSPS) is 13.6. The molecule has 0 aromatic heterocycles. The fourth-order valence-electron chi connectivity index (χ4n) is 1.78. The van der Waals surface area contributed by atoms with Crippen LogP contribution in [0.1, 0.15) is 59.3 Å². The number of carboxylic acid groups (broad SMARTS) is 1. The lowest BCUT2D eigenvalue weighted by molar-refractivity contribution is -0.141. The predicted molar refractivity (Wildman–Crippen MR) is 76.2 cm³/mol. The molecule has 5 heteroatoms. The molecule has 0 aliphatic carbocycles. The maximum atomic E-state index is 11.5. The van der Waals surface area contributed by atoms with E-state index in [1.54, 1.807) is 6.92 Å². The molecule has 5 nitrogen and oxygen atoms in total. The molecular weight excluding hydrogens is 244 g/mol. The third-order valence-electron chi connectivity index (χ3n) is 3.14.